The van der Waals surface area contributed by atoms with Gasteiger partial charge in [0.05, 0.1) is 42.8 Å². The zero-order valence-corrected chi connectivity index (χ0v) is 22.6. The topological polar surface area (TPSA) is 105 Å². The third-order valence-corrected chi connectivity index (χ3v) is 8.18. The Morgan fingerprint density at radius 1 is 0.947 bits per heavy atom. The van der Waals surface area contributed by atoms with E-state index in [2.05, 4.69) is 4.90 Å². The van der Waals surface area contributed by atoms with Crippen LogP contribution in [0.4, 0.5) is 21.9 Å². The van der Waals surface area contributed by atoms with E-state index in [1.807, 2.05) is 4.90 Å². The fourth-order valence-corrected chi connectivity index (χ4v) is 5.94. The number of rotatable bonds is 6. The molecule has 5 rings (SSSR count). The normalized spacial score (nSPS) is 19.5. The number of nitro groups is 1. The molecule has 2 aromatic carbocycles. The number of thioether (sulfide) groups is 1. The van der Waals surface area contributed by atoms with Crippen molar-refractivity contribution in [2.24, 2.45) is 0 Å². The highest BCUT2D eigenvalue weighted by Crippen LogP contribution is 2.41. The smallest absolute Gasteiger partial charge is 0.293 e. The Balaban J connectivity index is 1.53. The number of nitro benzene ring substituents is 1. The molecule has 0 atom stereocenters. The molecule has 0 N–H and O–H groups in total. The molecule has 0 spiro atoms. The molecule has 200 valence electrons. The molecule has 0 saturated carbocycles. The Bertz CT molecular complexity index is 1290. The van der Waals surface area contributed by atoms with E-state index in [1.165, 1.54) is 6.07 Å². The summed E-state index contributed by atoms with van der Waals surface area (Å²) in [4.78, 5) is 43.1. The summed E-state index contributed by atoms with van der Waals surface area (Å²) in [5, 5.41) is 12.3. The van der Waals surface area contributed by atoms with Gasteiger partial charge in [0.15, 0.2) is 0 Å². The van der Waals surface area contributed by atoms with Crippen LogP contribution in [0, 0.1) is 10.1 Å². The highest BCUT2D eigenvalue weighted by atomic mass is 35.5. The molecule has 0 aliphatic carbocycles. The number of amides is 2. The summed E-state index contributed by atoms with van der Waals surface area (Å²) in [6, 6.07) is 8.24. The molecule has 2 aromatic rings. The standard InChI is InChI=1S/C25H24Cl2N4O6S/c26-18-2-1-3-19(27)17(18)15-30-24(32)23(38-25(30)33)13-16-12-22(31(34)35)21(29-6-10-37-11-7-29)14-20(16)28-4-8-36-9-5-28/h1-3,12-14H,4-11,15H2/b23-13-. The van der Waals surface area contributed by atoms with Crippen LogP contribution in [0.15, 0.2) is 35.2 Å². The van der Waals surface area contributed by atoms with Gasteiger partial charge in [0.2, 0.25) is 0 Å². The number of nitrogens with zero attached hydrogens (tertiary/aromatic N) is 4. The summed E-state index contributed by atoms with van der Waals surface area (Å²) >= 11 is 13.3. The SMILES string of the molecule is O=C1S/C(=C\c2cc([N+](=O)[O-])c(N3CCOCC3)cc2N2CCOCC2)C(=O)N1Cc1c(Cl)cccc1Cl. The minimum atomic E-state index is -0.510. The second-order valence-electron chi connectivity index (χ2n) is 8.82. The summed E-state index contributed by atoms with van der Waals surface area (Å²) in [6.07, 6.45) is 1.56. The van der Waals surface area contributed by atoms with Crippen LogP contribution >= 0.6 is 35.0 Å². The Kier molecular flexibility index (Phi) is 8.10. The number of hydrogen-bond donors (Lipinski definition) is 0. The van der Waals surface area contributed by atoms with Gasteiger partial charge in [0.25, 0.3) is 16.8 Å². The Hall–Kier alpha value is -2.83. The van der Waals surface area contributed by atoms with E-state index in [0.717, 1.165) is 22.3 Å². The van der Waals surface area contributed by atoms with Crippen molar-refractivity contribution in [2.75, 3.05) is 62.4 Å². The van der Waals surface area contributed by atoms with E-state index in [-0.39, 0.29) is 17.1 Å². The van der Waals surface area contributed by atoms with Crippen molar-refractivity contribution in [1.82, 2.24) is 4.90 Å². The van der Waals surface area contributed by atoms with Crippen LogP contribution in [0.5, 0.6) is 0 Å². The third-order valence-electron chi connectivity index (χ3n) is 6.56. The van der Waals surface area contributed by atoms with Gasteiger partial charge in [-0.1, -0.05) is 29.3 Å². The van der Waals surface area contributed by atoms with Crippen molar-refractivity contribution in [3.8, 4) is 0 Å². The highest BCUT2D eigenvalue weighted by molar-refractivity contribution is 8.18. The number of benzene rings is 2. The number of morpholine rings is 2. The summed E-state index contributed by atoms with van der Waals surface area (Å²) in [5.74, 6) is -0.510. The molecule has 3 saturated heterocycles. The number of ether oxygens (including phenoxy) is 2. The molecule has 0 bridgehead atoms. The van der Waals surface area contributed by atoms with Gasteiger partial charge in [-0.15, -0.1) is 0 Å². The number of carbonyl (C=O) groups is 2. The first kappa shape index (κ1) is 26.8. The molecule has 3 heterocycles. The molecule has 38 heavy (non-hydrogen) atoms. The van der Waals surface area contributed by atoms with E-state index in [9.17, 15) is 19.7 Å². The van der Waals surface area contributed by atoms with E-state index in [4.69, 9.17) is 32.7 Å². The van der Waals surface area contributed by atoms with Crippen molar-refractivity contribution in [2.45, 2.75) is 6.54 Å². The number of carbonyl (C=O) groups excluding carboxylic acids is 2. The van der Waals surface area contributed by atoms with E-state index < -0.39 is 16.1 Å². The summed E-state index contributed by atoms with van der Waals surface area (Å²) < 4.78 is 10.9. The molecular weight excluding hydrogens is 555 g/mol. The Morgan fingerprint density at radius 3 is 2.11 bits per heavy atom. The number of anilines is 2. The zero-order chi connectivity index (χ0) is 26.8. The largest absolute Gasteiger partial charge is 0.378 e. The molecule has 10 nitrogen and oxygen atoms in total. The molecule has 0 aromatic heterocycles. The second kappa shape index (κ2) is 11.5. The molecular formula is C25H24Cl2N4O6S. The number of hydrogen-bond acceptors (Lipinski definition) is 9. The van der Waals surface area contributed by atoms with Gasteiger partial charge in [-0.2, -0.15) is 0 Å². The quantitative estimate of drug-likeness (QED) is 0.271. The van der Waals surface area contributed by atoms with E-state index in [0.29, 0.717) is 79.5 Å². The average molecular weight is 579 g/mol. The lowest BCUT2D eigenvalue weighted by molar-refractivity contribution is -0.384. The molecule has 0 radical (unpaired) electrons. The lowest BCUT2D eigenvalue weighted by Crippen LogP contribution is -2.38. The summed E-state index contributed by atoms with van der Waals surface area (Å²) in [5.41, 5.74) is 2.12. The fourth-order valence-electron chi connectivity index (χ4n) is 4.60. The first-order valence-corrected chi connectivity index (χ1v) is 13.6. The maximum atomic E-state index is 13.3. The minimum Gasteiger partial charge on any atom is -0.378 e. The van der Waals surface area contributed by atoms with Crippen molar-refractivity contribution < 1.29 is 24.0 Å². The molecule has 3 fully saturated rings. The predicted molar refractivity (Wildman–Crippen MR) is 147 cm³/mol. The molecule has 2 amide bonds. The van der Waals surface area contributed by atoms with Gasteiger partial charge in [-0.05, 0) is 36.0 Å². The van der Waals surface area contributed by atoms with Crippen molar-refractivity contribution >= 4 is 69.2 Å². The van der Waals surface area contributed by atoms with Crippen LogP contribution in [-0.2, 0) is 20.8 Å². The van der Waals surface area contributed by atoms with Gasteiger partial charge >= 0.3 is 0 Å². The first-order chi connectivity index (χ1) is 18.3. The van der Waals surface area contributed by atoms with E-state index >= 15 is 0 Å². The van der Waals surface area contributed by atoms with Crippen LogP contribution < -0.4 is 9.80 Å². The third kappa shape index (κ3) is 5.48. The lowest BCUT2D eigenvalue weighted by Gasteiger charge is -2.33. The average Bonchev–Trinajstić information content (AvgIpc) is 3.18. The fraction of sp³-hybridized carbons (Fsp3) is 0.360. The van der Waals surface area contributed by atoms with Crippen LogP contribution in [0.25, 0.3) is 6.08 Å². The first-order valence-electron chi connectivity index (χ1n) is 12.0. The van der Waals surface area contributed by atoms with Crippen LogP contribution in [-0.4, -0.2) is 73.6 Å². The zero-order valence-electron chi connectivity index (χ0n) is 20.2. The molecule has 3 aliphatic rings. The van der Waals surface area contributed by atoms with Gasteiger partial charge in [-0.25, -0.2) is 0 Å². The highest BCUT2D eigenvalue weighted by Gasteiger charge is 2.36. The van der Waals surface area contributed by atoms with Crippen LogP contribution in [0.1, 0.15) is 11.1 Å². The van der Waals surface area contributed by atoms with Gasteiger partial charge < -0.3 is 19.3 Å². The van der Waals surface area contributed by atoms with E-state index in [1.54, 1.807) is 30.3 Å². The van der Waals surface area contributed by atoms with Crippen molar-refractivity contribution in [3.63, 3.8) is 0 Å². The molecule has 0 unspecified atom stereocenters. The lowest BCUT2D eigenvalue weighted by atomic mass is 10.1. The Labute approximate surface area is 233 Å². The monoisotopic (exact) mass is 578 g/mol. The summed E-state index contributed by atoms with van der Waals surface area (Å²) in [6.45, 7) is 4.16. The Morgan fingerprint density at radius 2 is 1.53 bits per heavy atom. The van der Waals surface area contributed by atoms with Crippen molar-refractivity contribution in [3.05, 3.63) is 66.5 Å². The maximum Gasteiger partial charge on any atom is 0.293 e. The van der Waals surface area contributed by atoms with Crippen LogP contribution in [0.3, 0.4) is 0 Å². The molecule has 3 aliphatic heterocycles. The van der Waals surface area contributed by atoms with Gasteiger partial charge in [0, 0.05) is 59.1 Å². The van der Waals surface area contributed by atoms with Gasteiger partial charge in [0.1, 0.15) is 5.69 Å². The van der Waals surface area contributed by atoms with Gasteiger partial charge in [-0.3, -0.25) is 24.6 Å². The molecule has 13 heteroatoms. The summed E-state index contributed by atoms with van der Waals surface area (Å²) in [7, 11) is 0. The van der Waals surface area contributed by atoms with Crippen molar-refractivity contribution in [1.29, 1.82) is 0 Å². The minimum absolute atomic E-state index is 0.0720. The number of halogens is 2. The number of imide groups is 1. The predicted octanol–water partition coefficient (Wildman–Crippen LogP) is 4.81. The second-order valence-corrected chi connectivity index (χ2v) is 10.6. The van der Waals surface area contributed by atoms with Crippen LogP contribution in [0.2, 0.25) is 10.0 Å². The maximum absolute atomic E-state index is 13.3.